The van der Waals surface area contributed by atoms with Crippen molar-refractivity contribution in [2.24, 2.45) is 11.8 Å². The molecule has 2 fully saturated rings. The molecule has 2 amide bonds. The first-order valence-electron chi connectivity index (χ1n) is 17.0. The Kier molecular flexibility index (Phi) is 11.6. The number of epoxide rings is 1. The number of hydrogen-bond donors (Lipinski definition) is 4. The van der Waals surface area contributed by atoms with Crippen LogP contribution in [0.5, 0.6) is 0 Å². The number of aliphatic hydroxyl groups is 3. The van der Waals surface area contributed by atoms with Crippen LogP contribution in [-0.4, -0.2) is 82.4 Å². The average Bonchev–Trinajstić information content (AvgIpc) is 3.77. The van der Waals surface area contributed by atoms with Crippen molar-refractivity contribution in [2.45, 2.75) is 89.6 Å². The Hall–Kier alpha value is -4.14. The highest BCUT2D eigenvalue weighted by Crippen LogP contribution is 2.49. The topological polar surface area (TPSA) is 175 Å². The van der Waals surface area contributed by atoms with Crippen LogP contribution in [0.15, 0.2) is 54.1 Å². The van der Waals surface area contributed by atoms with E-state index in [9.17, 15) is 38.9 Å². The molecule has 4 N–H and O–H groups in total. The summed E-state index contributed by atoms with van der Waals surface area (Å²) < 4.78 is 32.3. The van der Waals surface area contributed by atoms with Gasteiger partial charge in [-0.15, -0.1) is 0 Å². The zero-order valence-corrected chi connectivity index (χ0v) is 30.4. The number of carbonyl (C=O) groups excluding carboxylic acids is 4. The van der Waals surface area contributed by atoms with Crippen molar-refractivity contribution < 1.29 is 53.1 Å². The van der Waals surface area contributed by atoms with Crippen molar-refractivity contribution in [3.05, 3.63) is 87.2 Å². The normalized spacial score (nSPS) is 31.0. The number of allylic oxidation sites excluding steroid dienone is 3. The molecule has 4 bridgehead atoms. The van der Waals surface area contributed by atoms with E-state index in [-0.39, 0.29) is 35.4 Å². The SMILES string of the molecule is CC(=O)c1ccc(CC(=O)O[C@H]2CC(=O)N(C)c3cc(cc(CO)c3Cl)C/C(C)=C/C=C/[C@@H](CO)[C@@]3(O)C[C@H](OC(=O)N3)[C@@H](C)[C@@H]3O[C@@]23C)cc1F. The van der Waals surface area contributed by atoms with Crippen molar-refractivity contribution in [1.29, 1.82) is 0 Å². The van der Waals surface area contributed by atoms with E-state index < -0.39 is 84.3 Å². The molecular formula is C38H44ClFN2O10. The van der Waals surface area contributed by atoms with Crippen molar-refractivity contribution in [3.63, 3.8) is 0 Å². The number of nitrogens with zero attached hydrogens (tertiary/aromatic N) is 1. The van der Waals surface area contributed by atoms with Gasteiger partial charge < -0.3 is 34.4 Å². The van der Waals surface area contributed by atoms with Crippen LogP contribution in [0.1, 0.15) is 67.6 Å². The van der Waals surface area contributed by atoms with Crippen LogP contribution in [0, 0.1) is 17.7 Å². The third-order valence-electron chi connectivity index (χ3n) is 10.2. The molecular weight excluding hydrogens is 699 g/mol. The lowest BCUT2D eigenvalue weighted by atomic mass is 9.81. The lowest BCUT2D eigenvalue weighted by molar-refractivity contribution is -0.153. The van der Waals surface area contributed by atoms with Gasteiger partial charge in [0.25, 0.3) is 0 Å². The molecule has 280 valence electrons. The highest BCUT2D eigenvalue weighted by atomic mass is 35.5. The number of amides is 2. The highest BCUT2D eigenvalue weighted by Gasteiger charge is 2.64. The number of aliphatic hydroxyl groups excluding tert-OH is 2. The van der Waals surface area contributed by atoms with Crippen LogP contribution in [0.4, 0.5) is 14.9 Å². The number of halogens is 2. The molecule has 12 nitrogen and oxygen atoms in total. The second-order valence-corrected chi connectivity index (χ2v) is 14.4. The van der Waals surface area contributed by atoms with E-state index in [1.165, 1.54) is 31.0 Å². The first-order valence-corrected chi connectivity index (χ1v) is 17.4. The number of nitrogens with one attached hydrogen (secondary N) is 1. The molecule has 2 saturated heterocycles. The summed E-state index contributed by atoms with van der Waals surface area (Å²) in [5, 5.41) is 34.6. The van der Waals surface area contributed by atoms with E-state index in [2.05, 4.69) is 5.32 Å². The summed E-state index contributed by atoms with van der Waals surface area (Å²) in [4.78, 5) is 53.2. The molecule has 2 aromatic carbocycles. The van der Waals surface area contributed by atoms with Crippen LogP contribution in [-0.2, 0) is 43.2 Å². The molecule has 14 heteroatoms. The lowest BCUT2D eigenvalue weighted by Crippen LogP contribution is -2.62. The lowest BCUT2D eigenvalue weighted by Gasteiger charge is -2.42. The van der Waals surface area contributed by atoms with E-state index in [4.69, 9.17) is 25.8 Å². The van der Waals surface area contributed by atoms with Gasteiger partial charge in [0.1, 0.15) is 23.6 Å². The summed E-state index contributed by atoms with van der Waals surface area (Å²) in [7, 11) is 1.52. The molecule has 0 spiro atoms. The Balaban J connectivity index is 1.53. The Morgan fingerprint density at radius 1 is 1.19 bits per heavy atom. The zero-order chi connectivity index (χ0) is 38.1. The van der Waals surface area contributed by atoms with Gasteiger partial charge >= 0.3 is 12.1 Å². The Bertz CT molecular complexity index is 1820. The van der Waals surface area contributed by atoms with E-state index in [0.29, 0.717) is 17.7 Å². The first-order chi connectivity index (χ1) is 24.5. The molecule has 52 heavy (non-hydrogen) atoms. The highest BCUT2D eigenvalue weighted by molar-refractivity contribution is 6.34. The average molecular weight is 743 g/mol. The number of benzene rings is 2. The van der Waals surface area contributed by atoms with Crippen molar-refractivity contribution in [3.8, 4) is 0 Å². The van der Waals surface area contributed by atoms with Crippen LogP contribution >= 0.6 is 11.6 Å². The number of anilines is 1. The Morgan fingerprint density at radius 3 is 2.58 bits per heavy atom. The summed E-state index contributed by atoms with van der Waals surface area (Å²) in [5.74, 6) is -4.04. The molecule has 7 atom stereocenters. The molecule has 0 unspecified atom stereocenters. The number of fused-ring (bicyclic) bond motifs is 5. The van der Waals surface area contributed by atoms with Gasteiger partial charge in [0.15, 0.2) is 11.5 Å². The van der Waals surface area contributed by atoms with Gasteiger partial charge in [-0.1, -0.05) is 54.5 Å². The van der Waals surface area contributed by atoms with E-state index in [1.807, 2.05) is 6.92 Å². The summed E-state index contributed by atoms with van der Waals surface area (Å²) in [5.41, 5.74) is -0.714. The van der Waals surface area contributed by atoms with Gasteiger partial charge in [-0.2, -0.15) is 0 Å². The second kappa shape index (κ2) is 15.5. The second-order valence-electron chi connectivity index (χ2n) is 14.1. The minimum atomic E-state index is -1.88. The van der Waals surface area contributed by atoms with Gasteiger partial charge in [0.2, 0.25) is 5.91 Å². The molecule has 3 aliphatic rings. The van der Waals surface area contributed by atoms with Crippen LogP contribution < -0.4 is 10.2 Å². The Morgan fingerprint density at radius 2 is 1.92 bits per heavy atom. The van der Waals surface area contributed by atoms with Gasteiger partial charge in [-0.05, 0) is 62.1 Å². The fourth-order valence-corrected chi connectivity index (χ4v) is 7.31. The van der Waals surface area contributed by atoms with E-state index in [0.717, 1.165) is 17.2 Å². The van der Waals surface area contributed by atoms with Crippen molar-refractivity contribution >= 4 is 41.0 Å². The minimum Gasteiger partial charge on any atom is -0.458 e. The van der Waals surface area contributed by atoms with Gasteiger partial charge in [-0.3, -0.25) is 19.7 Å². The molecule has 3 heterocycles. The van der Waals surface area contributed by atoms with Crippen LogP contribution in [0.25, 0.3) is 0 Å². The van der Waals surface area contributed by atoms with Crippen molar-refractivity contribution in [2.75, 3.05) is 18.6 Å². The molecule has 3 aliphatic heterocycles. The van der Waals surface area contributed by atoms with E-state index >= 15 is 0 Å². The predicted octanol–water partition coefficient (Wildman–Crippen LogP) is 4.33. The third kappa shape index (κ3) is 8.24. The number of esters is 1. The predicted molar refractivity (Wildman–Crippen MR) is 188 cm³/mol. The maximum Gasteiger partial charge on any atom is 0.409 e. The maximum atomic E-state index is 14.6. The van der Waals surface area contributed by atoms with Crippen molar-refractivity contribution in [1.82, 2.24) is 5.32 Å². The minimum absolute atomic E-state index is 0.115. The number of Topliss-reactive ketones (excluding diaryl/α,β-unsaturated/α-hetero) is 1. The van der Waals surface area contributed by atoms with E-state index in [1.54, 1.807) is 44.2 Å². The monoisotopic (exact) mass is 742 g/mol. The number of carbonyl (C=O) groups is 4. The first kappa shape index (κ1) is 39.1. The van der Waals surface area contributed by atoms with Gasteiger partial charge in [0.05, 0.1) is 48.4 Å². The molecule has 2 aromatic rings. The van der Waals surface area contributed by atoms with Gasteiger partial charge in [-0.25, -0.2) is 9.18 Å². The number of rotatable bonds is 6. The van der Waals surface area contributed by atoms with Crippen LogP contribution in [0.3, 0.4) is 0 Å². The van der Waals surface area contributed by atoms with Gasteiger partial charge in [0, 0.05) is 25.3 Å². The molecule has 0 aliphatic carbocycles. The summed E-state index contributed by atoms with van der Waals surface area (Å²) in [6, 6.07) is 7.26. The maximum absolute atomic E-state index is 14.6. The number of hydrogen-bond acceptors (Lipinski definition) is 10. The number of ether oxygens (including phenoxy) is 3. The fourth-order valence-electron chi connectivity index (χ4n) is 7.02. The summed E-state index contributed by atoms with van der Waals surface area (Å²) in [6.45, 7) is 5.61. The quantitative estimate of drug-likeness (QED) is 0.190. The third-order valence-corrected chi connectivity index (χ3v) is 10.6. The molecule has 0 aromatic heterocycles. The number of ketones is 1. The Labute approximate surface area is 306 Å². The van der Waals surface area contributed by atoms with Crippen LogP contribution in [0.2, 0.25) is 5.02 Å². The molecule has 0 saturated carbocycles. The zero-order valence-electron chi connectivity index (χ0n) is 29.7. The number of alkyl carbamates (subject to hydrolysis) is 1. The smallest absolute Gasteiger partial charge is 0.409 e. The largest absolute Gasteiger partial charge is 0.458 e. The fraction of sp³-hybridized carbons (Fsp3) is 0.474. The standard InChI is InChI=1S/C38H44ClFN2O10/c1-20-7-6-8-26(19-44)38(49)17-30(50-36(48)41-38)21(2)35-37(4,52-35)31(51-33(47)15-23-9-10-27(22(3)45)28(40)13-23)16-32(46)42(5)29-14-24(11-20)12-25(18-43)34(29)39/h6-10,12-14,21,26,30-31,35,43-44,49H,11,15-19H2,1-5H3,(H,41,48)/b8-6+,20-7+/t21-,26+,30+,31+,35+,37+,38+/m1/s1. The molecule has 0 radical (unpaired) electrons. The summed E-state index contributed by atoms with van der Waals surface area (Å²) >= 11 is 6.68. The molecule has 5 rings (SSSR count). The summed E-state index contributed by atoms with van der Waals surface area (Å²) in [6.07, 6.45) is 0.876.